The lowest BCUT2D eigenvalue weighted by molar-refractivity contribution is -0.172. The third-order valence-corrected chi connectivity index (χ3v) is 7.78. The number of thiazole rings is 1. The number of esters is 1. The molecule has 6 rings (SSSR count). The highest BCUT2D eigenvalue weighted by atomic mass is 32.1. The first-order valence-corrected chi connectivity index (χ1v) is 11.3. The first-order valence-electron chi connectivity index (χ1n) is 10.5. The van der Waals surface area contributed by atoms with Gasteiger partial charge in [0, 0.05) is 10.4 Å². The summed E-state index contributed by atoms with van der Waals surface area (Å²) in [5.41, 5.74) is 1.57. The van der Waals surface area contributed by atoms with Gasteiger partial charge in [-0.05, 0) is 63.2 Å². The van der Waals surface area contributed by atoms with Crippen molar-refractivity contribution in [3.05, 3.63) is 35.2 Å². The molecule has 0 aliphatic heterocycles. The van der Waals surface area contributed by atoms with E-state index >= 15 is 0 Å². The number of nitrogens with zero attached hydrogens (tertiary/aromatic N) is 1. The number of carbonyl (C=O) groups excluding carboxylic acids is 2. The second-order valence-electron chi connectivity index (χ2n) is 9.11. The number of ether oxygens (including phenoxy) is 1. The fourth-order valence-electron chi connectivity index (χ4n) is 6.11. The summed E-state index contributed by atoms with van der Waals surface area (Å²) < 4.78 is 5.51. The summed E-state index contributed by atoms with van der Waals surface area (Å²) in [6, 6.07) is 9.90. The summed E-state index contributed by atoms with van der Waals surface area (Å²) >= 11 is 1.44. The number of anilines is 1. The molecule has 4 bridgehead atoms. The van der Waals surface area contributed by atoms with Crippen molar-refractivity contribution in [3.63, 3.8) is 0 Å². The molecule has 1 aromatic carbocycles. The molecule has 1 N–H and O–H groups in total. The van der Waals surface area contributed by atoms with Crippen LogP contribution in [0.2, 0.25) is 0 Å². The molecule has 0 radical (unpaired) electrons. The monoisotopic (exact) mass is 410 g/mol. The third-order valence-electron chi connectivity index (χ3n) is 6.90. The molecule has 2 aromatic rings. The maximum atomic E-state index is 12.9. The van der Waals surface area contributed by atoms with E-state index < -0.39 is 0 Å². The van der Waals surface area contributed by atoms with Crippen LogP contribution < -0.4 is 5.32 Å². The van der Waals surface area contributed by atoms with Crippen LogP contribution in [0.4, 0.5) is 5.13 Å². The molecule has 5 nitrogen and oxygen atoms in total. The zero-order valence-corrected chi connectivity index (χ0v) is 17.5. The molecule has 29 heavy (non-hydrogen) atoms. The van der Waals surface area contributed by atoms with E-state index in [1.165, 1.54) is 30.6 Å². The van der Waals surface area contributed by atoms with Gasteiger partial charge >= 0.3 is 5.97 Å². The van der Waals surface area contributed by atoms with Crippen LogP contribution in [0.5, 0.6) is 0 Å². The van der Waals surface area contributed by atoms with Gasteiger partial charge in [0.15, 0.2) is 11.7 Å². The maximum absolute atomic E-state index is 12.9. The Bertz CT molecular complexity index is 902. The number of carbonyl (C=O) groups is 2. The molecule has 152 valence electrons. The number of hydrogen-bond acceptors (Lipinski definition) is 5. The van der Waals surface area contributed by atoms with Gasteiger partial charge in [-0.15, -0.1) is 11.3 Å². The fraction of sp³-hybridized carbons (Fsp3) is 0.522. The highest BCUT2D eigenvalue weighted by molar-refractivity contribution is 7.16. The van der Waals surface area contributed by atoms with Gasteiger partial charge in [-0.2, -0.15) is 0 Å². The predicted molar refractivity (Wildman–Crippen MR) is 112 cm³/mol. The van der Waals surface area contributed by atoms with Gasteiger partial charge in [0.2, 0.25) is 0 Å². The van der Waals surface area contributed by atoms with E-state index in [4.69, 9.17) is 4.74 Å². The Morgan fingerprint density at radius 1 is 1.10 bits per heavy atom. The minimum atomic E-state index is -0.326. The Morgan fingerprint density at radius 3 is 2.34 bits per heavy atom. The van der Waals surface area contributed by atoms with Crippen molar-refractivity contribution in [3.8, 4) is 11.3 Å². The van der Waals surface area contributed by atoms with E-state index in [2.05, 4.69) is 10.3 Å². The van der Waals surface area contributed by atoms with Crippen LogP contribution in [-0.4, -0.2) is 23.5 Å². The number of amides is 1. The Hall–Kier alpha value is -2.21. The maximum Gasteiger partial charge on any atom is 0.312 e. The van der Waals surface area contributed by atoms with Crippen LogP contribution in [-0.2, 0) is 14.3 Å². The van der Waals surface area contributed by atoms with Gasteiger partial charge in [-0.1, -0.05) is 30.3 Å². The highest BCUT2D eigenvalue weighted by Crippen LogP contribution is 2.60. The van der Waals surface area contributed by atoms with Crippen molar-refractivity contribution >= 4 is 28.3 Å². The molecule has 0 spiro atoms. The van der Waals surface area contributed by atoms with E-state index in [1.54, 1.807) is 0 Å². The van der Waals surface area contributed by atoms with Gasteiger partial charge in [-0.3, -0.25) is 14.9 Å². The third kappa shape index (κ3) is 3.59. The fourth-order valence-corrected chi connectivity index (χ4v) is 6.97. The van der Waals surface area contributed by atoms with Crippen LogP contribution >= 0.6 is 11.3 Å². The summed E-state index contributed by atoms with van der Waals surface area (Å²) in [5, 5.41) is 3.33. The van der Waals surface area contributed by atoms with Crippen molar-refractivity contribution in [2.24, 2.45) is 23.2 Å². The normalized spacial score (nSPS) is 29.6. The van der Waals surface area contributed by atoms with Crippen molar-refractivity contribution in [1.29, 1.82) is 0 Å². The lowest BCUT2D eigenvalue weighted by Gasteiger charge is -2.55. The molecule has 4 aliphatic rings. The minimum absolute atomic E-state index is 0.160. The molecule has 4 aliphatic carbocycles. The topological polar surface area (TPSA) is 68.3 Å². The second-order valence-corrected chi connectivity index (χ2v) is 10.3. The van der Waals surface area contributed by atoms with Crippen LogP contribution in [0, 0.1) is 30.1 Å². The zero-order valence-electron chi connectivity index (χ0n) is 16.6. The van der Waals surface area contributed by atoms with Crippen LogP contribution in [0.15, 0.2) is 30.3 Å². The Labute approximate surface area is 174 Å². The van der Waals surface area contributed by atoms with Gasteiger partial charge in [0.25, 0.3) is 5.91 Å². The molecule has 1 aromatic heterocycles. The standard InChI is InChI=1S/C23H26N2O3S/c1-14-20(18-5-3-2-4-6-18)25-22(29-14)24-19(26)13-28-21(27)23-10-15-7-16(11-23)9-17(8-15)12-23/h2-6,15-17H,7-13H2,1H3,(H,24,25,26). The van der Waals surface area contributed by atoms with E-state index in [0.717, 1.165) is 35.4 Å². The Balaban J connectivity index is 1.19. The molecule has 0 unspecified atom stereocenters. The number of aryl methyl sites for hydroxylation is 1. The van der Waals surface area contributed by atoms with Crippen LogP contribution in [0.3, 0.4) is 0 Å². The summed E-state index contributed by atoms with van der Waals surface area (Å²) in [5.74, 6) is 1.55. The number of hydrogen-bond donors (Lipinski definition) is 1. The molecule has 4 saturated carbocycles. The first kappa shape index (κ1) is 18.8. The molecule has 1 amide bonds. The van der Waals surface area contributed by atoms with E-state index in [9.17, 15) is 9.59 Å². The molecule has 6 heteroatoms. The summed E-state index contributed by atoms with van der Waals surface area (Å²) in [6.07, 6.45) is 6.68. The first-order chi connectivity index (χ1) is 14.0. The van der Waals surface area contributed by atoms with Crippen LogP contribution in [0.1, 0.15) is 43.4 Å². The zero-order chi connectivity index (χ0) is 20.0. The van der Waals surface area contributed by atoms with Gasteiger partial charge < -0.3 is 4.74 Å². The van der Waals surface area contributed by atoms with E-state index in [-0.39, 0.29) is 23.9 Å². The number of nitrogens with one attached hydrogen (secondary N) is 1. The minimum Gasteiger partial charge on any atom is -0.455 e. The summed E-state index contributed by atoms with van der Waals surface area (Å²) in [4.78, 5) is 30.8. The SMILES string of the molecule is Cc1sc(NC(=O)COC(=O)C23CC4CC(CC(C4)C2)C3)nc1-c1ccccc1. The van der Waals surface area contributed by atoms with Crippen LogP contribution in [0.25, 0.3) is 11.3 Å². The van der Waals surface area contributed by atoms with Gasteiger partial charge in [0.05, 0.1) is 11.1 Å². The van der Waals surface area contributed by atoms with E-state index in [1.807, 2.05) is 37.3 Å². The predicted octanol–water partition coefficient (Wildman–Crippen LogP) is 4.82. The van der Waals surface area contributed by atoms with E-state index in [0.29, 0.717) is 22.9 Å². The Morgan fingerprint density at radius 2 is 1.72 bits per heavy atom. The quantitative estimate of drug-likeness (QED) is 0.718. The van der Waals surface area contributed by atoms with Crippen molar-refractivity contribution in [1.82, 2.24) is 4.98 Å². The second kappa shape index (κ2) is 7.24. The van der Waals surface area contributed by atoms with Crippen molar-refractivity contribution < 1.29 is 14.3 Å². The van der Waals surface area contributed by atoms with Gasteiger partial charge in [-0.25, -0.2) is 4.98 Å². The number of benzene rings is 1. The van der Waals surface area contributed by atoms with Crippen molar-refractivity contribution in [2.45, 2.75) is 45.4 Å². The largest absolute Gasteiger partial charge is 0.455 e. The average molecular weight is 411 g/mol. The molecule has 0 saturated heterocycles. The highest BCUT2D eigenvalue weighted by Gasteiger charge is 2.55. The molecular formula is C23H26N2O3S. The smallest absolute Gasteiger partial charge is 0.312 e. The average Bonchev–Trinajstić information content (AvgIpc) is 3.05. The molecule has 4 fully saturated rings. The lowest BCUT2D eigenvalue weighted by Crippen LogP contribution is -2.50. The summed E-state index contributed by atoms with van der Waals surface area (Å²) in [6.45, 7) is 1.75. The number of rotatable bonds is 5. The number of aromatic nitrogens is 1. The lowest BCUT2D eigenvalue weighted by atomic mass is 9.49. The van der Waals surface area contributed by atoms with Crippen molar-refractivity contribution in [2.75, 3.05) is 11.9 Å². The molecule has 1 heterocycles. The summed E-state index contributed by atoms with van der Waals surface area (Å²) in [7, 11) is 0. The van der Waals surface area contributed by atoms with Gasteiger partial charge in [0.1, 0.15) is 0 Å². The molecular weight excluding hydrogens is 384 g/mol. The molecule has 0 atom stereocenters. The Kier molecular flexibility index (Phi) is 4.69.